The summed E-state index contributed by atoms with van der Waals surface area (Å²) in [6.07, 6.45) is 0. The van der Waals surface area contributed by atoms with E-state index in [2.05, 4.69) is 34.3 Å². The lowest BCUT2D eigenvalue weighted by atomic mass is 9.97. The average molecular weight is 467 g/mol. The summed E-state index contributed by atoms with van der Waals surface area (Å²) in [4.78, 5) is 33.2. The van der Waals surface area contributed by atoms with Crippen molar-refractivity contribution in [2.75, 3.05) is 48.3 Å². The molecule has 178 valence electrons. The van der Waals surface area contributed by atoms with E-state index in [0.717, 1.165) is 54.2 Å². The van der Waals surface area contributed by atoms with Crippen LogP contribution in [-0.4, -0.2) is 49.9 Å². The second-order valence-electron chi connectivity index (χ2n) is 9.31. The summed E-state index contributed by atoms with van der Waals surface area (Å²) in [6, 6.07) is 23.1. The van der Waals surface area contributed by atoms with Crippen LogP contribution in [0.4, 0.5) is 17.1 Å². The molecule has 3 aromatic carbocycles. The summed E-state index contributed by atoms with van der Waals surface area (Å²) in [5.74, 6) is -0.663. The SMILES string of the molecule is Cc1ccc(C2=C(Nc3ccc(N4CCN(C)CC4)cc3)C(=O)N(c3ccccc3)C2=O)c(C)c1. The molecule has 0 unspecified atom stereocenters. The third-order valence-corrected chi connectivity index (χ3v) is 6.75. The molecule has 1 N–H and O–H groups in total. The third-order valence-electron chi connectivity index (χ3n) is 6.75. The molecular weight excluding hydrogens is 436 g/mol. The van der Waals surface area contributed by atoms with Crippen molar-refractivity contribution in [2.45, 2.75) is 13.8 Å². The first-order chi connectivity index (χ1) is 16.9. The van der Waals surface area contributed by atoms with Crippen molar-refractivity contribution < 1.29 is 9.59 Å². The average Bonchev–Trinajstić information content (AvgIpc) is 3.10. The van der Waals surface area contributed by atoms with Gasteiger partial charge < -0.3 is 15.1 Å². The van der Waals surface area contributed by atoms with Gasteiger partial charge in [0.15, 0.2) is 0 Å². The highest BCUT2D eigenvalue weighted by molar-refractivity contribution is 6.46. The fourth-order valence-electron chi connectivity index (χ4n) is 4.77. The van der Waals surface area contributed by atoms with Crippen LogP contribution in [0.3, 0.4) is 0 Å². The summed E-state index contributed by atoms with van der Waals surface area (Å²) in [6.45, 7) is 8.05. The van der Waals surface area contributed by atoms with Crippen molar-refractivity contribution in [1.29, 1.82) is 0 Å². The van der Waals surface area contributed by atoms with Crippen molar-refractivity contribution in [3.63, 3.8) is 0 Å². The molecule has 2 heterocycles. The van der Waals surface area contributed by atoms with Gasteiger partial charge in [-0.25, -0.2) is 4.90 Å². The second-order valence-corrected chi connectivity index (χ2v) is 9.31. The molecule has 35 heavy (non-hydrogen) atoms. The smallest absolute Gasteiger partial charge is 0.282 e. The molecule has 0 atom stereocenters. The molecule has 3 aromatic rings. The number of para-hydroxylation sites is 1. The van der Waals surface area contributed by atoms with Gasteiger partial charge in [-0.15, -0.1) is 0 Å². The molecule has 0 aromatic heterocycles. The van der Waals surface area contributed by atoms with Gasteiger partial charge in [0.25, 0.3) is 11.8 Å². The Hall–Kier alpha value is -3.90. The van der Waals surface area contributed by atoms with Crippen LogP contribution in [0.25, 0.3) is 5.57 Å². The molecule has 0 radical (unpaired) electrons. The maximum absolute atomic E-state index is 13.6. The number of hydrogen-bond acceptors (Lipinski definition) is 5. The predicted octanol–water partition coefficient (Wildman–Crippen LogP) is 4.45. The van der Waals surface area contributed by atoms with Gasteiger partial charge in [0.05, 0.1) is 11.3 Å². The number of carbonyl (C=O) groups excluding carboxylic acids is 2. The van der Waals surface area contributed by atoms with E-state index >= 15 is 0 Å². The summed E-state index contributed by atoms with van der Waals surface area (Å²) in [5.41, 5.74) is 6.04. The maximum Gasteiger partial charge on any atom is 0.282 e. The number of amides is 2. The number of rotatable bonds is 5. The molecule has 1 fully saturated rings. The Balaban J connectivity index is 1.50. The molecule has 2 aliphatic rings. The Morgan fingerprint density at radius 2 is 1.43 bits per heavy atom. The zero-order chi connectivity index (χ0) is 24.5. The number of likely N-dealkylation sites (N-methyl/N-ethyl adjacent to an activating group) is 1. The molecule has 0 aliphatic carbocycles. The predicted molar refractivity (Wildman–Crippen MR) is 142 cm³/mol. The highest BCUT2D eigenvalue weighted by Crippen LogP contribution is 2.35. The van der Waals surface area contributed by atoms with E-state index in [4.69, 9.17) is 0 Å². The van der Waals surface area contributed by atoms with E-state index in [-0.39, 0.29) is 11.8 Å². The third kappa shape index (κ3) is 4.45. The number of carbonyl (C=O) groups is 2. The van der Waals surface area contributed by atoms with Crippen LogP contribution in [0.1, 0.15) is 16.7 Å². The number of nitrogens with one attached hydrogen (secondary N) is 1. The summed E-state index contributed by atoms with van der Waals surface area (Å²) in [7, 11) is 2.14. The van der Waals surface area contributed by atoms with Gasteiger partial charge >= 0.3 is 0 Å². The Labute approximate surface area is 206 Å². The van der Waals surface area contributed by atoms with Crippen LogP contribution in [0.5, 0.6) is 0 Å². The van der Waals surface area contributed by atoms with Gasteiger partial charge in [-0.1, -0.05) is 42.0 Å². The van der Waals surface area contributed by atoms with Crippen LogP contribution in [-0.2, 0) is 9.59 Å². The minimum Gasteiger partial charge on any atom is -0.369 e. The normalized spacial score (nSPS) is 16.9. The minimum atomic E-state index is -0.348. The maximum atomic E-state index is 13.6. The van der Waals surface area contributed by atoms with Gasteiger partial charge in [0, 0.05) is 37.6 Å². The Kier molecular flexibility index (Phi) is 6.14. The number of imide groups is 1. The fourth-order valence-corrected chi connectivity index (χ4v) is 4.77. The quantitative estimate of drug-likeness (QED) is 0.563. The largest absolute Gasteiger partial charge is 0.369 e. The highest BCUT2D eigenvalue weighted by atomic mass is 16.2. The first-order valence-electron chi connectivity index (χ1n) is 12.0. The van der Waals surface area contributed by atoms with E-state index in [1.54, 1.807) is 12.1 Å². The van der Waals surface area contributed by atoms with E-state index < -0.39 is 0 Å². The zero-order valence-corrected chi connectivity index (χ0v) is 20.4. The van der Waals surface area contributed by atoms with Crippen molar-refractivity contribution in [2.24, 2.45) is 0 Å². The van der Waals surface area contributed by atoms with Gasteiger partial charge in [-0.3, -0.25) is 9.59 Å². The lowest BCUT2D eigenvalue weighted by Gasteiger charge is -2.34. The summed E-state index contributed by atoms with van der Waals surface area (Å²) < 4.78 is 0. The number of hydrogen-bond donors (Lipinski definition) is 1. The standard InChI is InChI=1S/C29H30N4O2/c1-20-9-14-25(21(2)19-20)26-27(29(35)33(28(26)34)24-7-5-4-6-8-24)30-22-10-12-23(13-11-22)32-17-15-31(3)16-18-32/h4-14,19,30H,15-18H2,1-3H3. The molecule has 5 rings (SSSR count). The molecule has 2 amide bonds. The van der Waals surface area contributed by atoms with Crippen molar-refractivity contribution in [3.8, 4) is 0 Å². The van der Waals surface area contributed by atoms with Crippen LogP contribution in [0.15, 0.2) is 78.5 Å². The number of anilines is 3. The van der Waals surface area contributed by atoms with Gasteiger partial charge in [-0.05, 0) is 68.4 Å². The minimum absolute atomic E-state index is 0.304. The molecule has 0 bridgehead atoms. The second kappa shape index (κ2) is 9.39. The highest BCUT2D eigenvalue weighted by Gasteiger charge is 2.40. The molecule has 0 saturated carbocycles. The molecule has 0 spiro atoms. The summed E-state index contributed by atoms with van der Waals surface area (Å²) in [5, 5.41) is 3.29. The lowest BCUT2D eigenvalue weighted by Crippen LogP contribution is -2.44. The molecule has 1 saturated heterocycles. The van der Waals surface area contributed by atoms with Gasteiger partial charge in [0.2, 0.25) is 0 Å². The van der Waals surface area contributed by atoms with Crippen molar-refractivity contribution >= 4 is 34.4 Å². The molecular formula is C29H30N4O2. The number of aryl methyl sites for hydroxylation is 2. The Morgan fingerprint density at radius 3 is 2.09 bits per heavy atom. The zero-order valence-electron chi connectivity index (χ0n) is 20.4. The van der Waals surface area contributed by atoms with Crippen LogP contribution in [0, 0.1) is 13.8 Å². The van der Waals surface area contributed by atoms with Crippen LogP contribution >= 0.6 is 0 Å². The molecule has 6 nitrogen and oxygen atoms in total. The fraction of sp³-hybridized carbons (Fsp3) is 0.241. The van der Waals surface area contributed by atoms with E-state index in [0.29, 0.717) is 17.0 Å². The topological polar surface area (TPSA) is 55.9 Å². The van der Waals surface area contributed by atoms with Crippen LogP contribution in [0.2, 0.25) is 0 Å². The van der Waals surface area contributed by atoms with Crippen molar-refractivity contribution in [1.82, 2.24) is 4.90 Å². The molecule has 6 heteroatoms. The Bertz CT molecular complexity index is 1290. The summed E-state index contributed by atoms with van der Waals surface area (Å²) >= 11 is 0. The number of benzene rings is 3. The first-order valence-corrected chi connectivity index (χ1v) is 12.0. The van der Waals surface area contributed by atoms with E-state index in [1.807, 2.05) is 62.4 Å². The molecule has 2 aliphatic heterocycles. The number of nitrogens with zero attached hydrogens (tertiary/aromatic N) is 3. The Morgan fingerprint density at radius 1 is 0.743 bits per heavy atom. The van der Waals surface area contributed by atoms with Gasteiger partial charge in [0.1, 0.15) is 5.70 Å². The van der Waals surface area contributed by atoms with Gasteiger partial charge in [-0.2, -0.15) is 0 Å². The monoisotopic (exact) mass is 466 g/mol. The van der Waals surface area contributed by atoms with E-state index in [1.165, 1.54) is 4.90 Å². The van der Waals surface area contributed by atoms with Crippen molar-refractivity contribution in [3.05, 3.63) is 95.2 Å². The lowest BCUT2D eigenvalue weighted by molar-refractivity contribution is -0.120. The van der Waals surface area contributed by atoms with Crippen LogP contribution < -0.4 is 15.1 Å². The number of piperazine rings is 1. The first kappa shape index (κ1) is 22.9. The van der Waals surface area contributed by atoms with E-state index in [9.17, 15) is 9.59 Å².